The normalized spacial score (nSPS) is 30.8. The highest BCUT2D eigenvalue weighted by atomic mass is 79.9. The second-order valence-corrected chi connectivity index (χ2v) is 16.1. The van der Waals surface area contributed by atoms with E-state index in [0.717, 1.165) is 36.2 Å². The number of imide groups is 1. The van der Waals surface area contributed by atoms with Gasteiger partial charge < -0.3 is 24.5 Å². The lowest BCUT2D eigenvalue weighted by Crippen LogP contribution is -2.47. The molecule has 1 aromatic carbocycles. The number of morpholine rings is 1. The van der Waals surface area contributed by atoms with Crippen LogP contribution in [-0.2, 0) is 23.9 Å². The van der Waals surface area contributed by atoms with Crippen molar-refractivity contribution in [1.82, 2.24) is 14.8 Å². The number of amides is 3. The number of hydrogen-bond acceptors (Lipinski definition) is 9. The van der Waals surface area contributed by atoms with Gasteiger partial charge in [0.05, 0.1) is 30.1 Å². The number of aromatic nitrogens is 1. The minimum atomic E-state index is -1.19. The number of nitrogens with one attached hydrogen (secondary N) is 1. The van der Waals surface area contributed by atoms with Crippen LogP contribution in [-0.4, -0.2) is 87.8 Å². The Morgan fingerprint density at radius 3 is 2.53 bits per heavy atom. The molecular weight excluding hydrogens is 686 g/mol. The number of carbonyl (C=O) groups is 4. The van der Waals surface area contributed by atoms with Gasteiger partial charge in [-0.25, -0.2) is 4.79 Å². The number of benzene rings is 1. The highest BCUT2D eigenvalue weighted by Crippen LogP contribution is 2.69. The van der Waals surface area contributed by atoms with E-state index in [2.05, 4.69) is 20.9 Å². The van der Waals surface area contributed by atoms with Crippen molar-refractivity contribution in [2.75, 3.05) is 32.9 Å². The molecule has 7 unspecified atom stereocenters. The van der Waals surface area contributed by atoms with Crippen LogP contribution in [0, 0.1) is 35.5 Å². The number of aliphatic carboxylic acids is 1. The van der Waals surface area contributed by atoms with Gasteiger partial charge in [0.1, 0.15) is 11.8 Å². The standard InChI is InChI=1S/C31H34BrN3O8S2/c1-13(2)9-18(30(39)40)35-28(37)23-16-11-17(24(23)29(35)38)25-22(16)21(26-27(44-25)33-31(41)45-26)15-10-14(32)3-4-19(15)43-12-20(36)34-5-7-42-8-6-34/h3-4,10,13,16-18,21-25H,5-9,11-12H2,1-2H3,(H,33,41)(H,39,40)/t16?,17?,18?,21-,22?,23?,24?,25?/m1/s1. The first-order valence-corrected chi connectivity index (χ1v) is 17.8. The summed E-state index contributed by atoms with van der Waals surface area (Å²) in [6.45, 7) is 5.61. The van der Waals surface area contributed by atoms with Crippen LogP contribution < -0.4 is 9.61 Å². The van der Waals surface area contributed by atoms with Gasteiger partial charge in [-0.15, -0.1) is 11.8 Å². The van der Waals surface area contributed by atoms with Crippen LogP contribution in [0.15, 0.2) is 32.5 Å². The second kappa shape index (κ2) is 11.8. The highest BCUT2D eigenvalue weighted by Gasteiger charge is 2.70. The predicted octanol–water partition coefficient (Wildman–Crippen LogP) is 3.41. The summed E-state index contributed by atoms with van der Waals surface area (Å²) in [7, 11) is 0. The number of hydrogen-bond donors (Lipinski definition) is 2. The number of H-pyrrole nitrogens is 1. The van der Waals surface area contributed by atoms with Crippen LogP contribution in [0.2, 0.25) is 0 Å². The molecule has 5 aliphatic rings. The van der Waals surface area contributed by atoms with Crippen LogP contribution in [0.3, 0.4) is 0 Å². The molecule has 11 nitrogen and oxygen atoms in total. The van der Waals surface area contributed by atoms with Crippen molar-refractivity contribution < 1.29 is 33.8 Å². The third kappa shape index (κ3) is 5.16. The number of fused-ring (bicyclic) bond motifs is 9. The number of ether oxygens (including phenoxy) is 2. The van der Waals surface area contributed by atoms with Gasteiger partial charge in [0.15, 0.2) is 6.61 Å². The lowest BCUT2D eigenvalue weighted by Gasteiger charge is -2.43. The van der Waals surface area contributed by atoms with Gasteiger partial charge in [-0.3, -0.25) is 24.1 Å². The number of aromatic amines is 1. The lowest BCUT2D eigenvalue weighted by atomic mass is 9.68. The molecule has 240 valence electrons. The summed E-state index contributed by atoms with van der Waals surface area (Å²) >= 11 is 6.32. The van der Waals surface area contributed by atoms with Gasteiger partial charge in [-0.1, -0.05) is 41.1 Å². The summed E-state index contributed by atoms with van der Waals surface area (Å²) < 4.78 is 12.4. The van der Waals surface area contributed by atoms with Crippen molar-refractivity contribution in [3.8, 4) is 5.75 Å². The summed E-state index contributed by atoms with van der Waals surface area (Å²) in [5.41, 5.74) is 0.812. The summed E-state index contributed by atoms with van der Waals surface area (Å²) in [6, 6.07) is 4.44. The average Bonchev–Trinajstić information content (AvgIpc) is 3.74. The number of carbonyl (C=O) groups excluding carboxylic acids is 3. The molecule has 14 heteroatoms. The molecule has 0 radical (unpaired) electrons. The maximum Gasteiger partial charge on any atom is 0.326 e. The topological polar surface area (TPSA) is 146 Å². The fourth-order valence-corrected chi connectivity index (χ4v) is 11.7. The average molecular weight is 721 g/mol. The molecule has 2 aliphatic carbocycles. The maximum atomic E-state index is 14.0. The van der Waals surface area contributed by atoms with Crippen molar-refractivity contribution in [2.45, 2.75) is 48.9 Å². The minimum Gasteiger partial charge on any atom is -0.483 e. The first-order valence-electron chi connectivity index (χ1n) is 15.3. The molecule has 3 amide bonds. The van der Waals surface area contributed by atoms with Crippen LogP contribution in [0.1, 0.15) is 43.0 Å². The molecule has 0 spiro atoms. The number of rotatable bonds is 8. The quantitative estimate of drug-likeness (QED) is 0.392. The molecule has 2 aromatic rings. The first kappa shape index (κ1) is 30.9. The Morgan fingerprint density at radius 2 is 1.84 bits per heavy atom. The number of carboxylic acids is 1. The summed E-state index contributed by atoms with van der Waals surface area (Å²) in [5, 5.41) is 10.7. The lowest BCUT2D eigenvalue weighted by molar-refractivity contribution is -0.156. The SMILES string of the molecule is CC(C)CC(C(=O)O)N1C(=O)C2C3CC(C2C1=O)C1C3Sc2[nH]c(=O)sc2[C@@H]1c1cc(Br)ccc1OCC(=O)N1CCOCC1. The van der Waals surface area contributed by atoms with E-state index >= 15 is 0 Å². The molecule has 8 atom stereocenters. The Morgan fingerprint density at radius 1 is 1.13 bits per heavy atom. The van der Waals surface area contributed by atoms with Gasteiger partial charge in [-0.05, 0) is 54.7 Å². The third-order valence-corrected chi connectivity index (χ3v) is 13.2. The molecule has 2 bridgehead atoms. The monoisotopic (exact) mass is 719 g/mol. The van der Waals surface area contributed by atoms with Gasteiger partial charge in [-0.2, -0.15) is 0 Å². The fourth-order valence-electron chi connectivity index (χ4n) is 8.40. The molecule has 3 aliphatic heterocycles. The number of carboxylic acid groups (broad SMARTS) is 1. The first-order chi connectivity index (χ1) is 21.5. The van der Waals surface area contributed by atoms with Gasteiger partial charge >= 0.3 is 10.8 Å². The zero-order valence-corrected chi connectivity index (χ0v) is 28.0. The van der Waals surface area contributed by atoms with Crippen LogP contribution in [0.25, 0.3) is 0 Å². The Balaban J connectivity index is 1.25. The Kier molecular flexibility index (Phi) is 8.14. The number of likely N-dealkylation sites (tertiary alicyclic amines) is 1. The van der Waals surface area contributed by atoms with E-state index in [1.807, 2.05) is 32.0 Å². The molecule has 45 heavy (non-hydrogen) atoms. The molecule has 4 heterocycles. The van der Waals surface area contributed by atoms with Crippen LogP contribution in [0.5, 0.6) is 5.75 Å². The van der Waals surface area contributed by atoms with Crippen molar-refractivity contribution in [3.63, 3.8) is 0 Å². The van der Waals surface area contributed by atoms with E-state index < -0.39 is 23.8 Å². The zero-order valence-electron chi connectivity index (χ0n) is 24.8. The van der Waals surface area contributed by atoms with Gasteiger partial charge in [0.25, 0.3) is 5.91 Å². The molecule has 7 rings (SSSR count). The summed E-state index contributed by atoms with van der Waals surface area (Å²) in [6.07, 6.45) is 0.881. The molecular formula is C31H34BrN3O8S2. The molecule has 4 fully saturated rings. The predicted molar refractivity (Wildman–Crippen MR) is 168 cm³/mol. The van der Waals surface area contributed by atoms with Crippen LogP contribution >= 0.6 is 39.0 Å². The Labute approximate surface area is 276 Å². The summed E-state index contributed by atoms with van der Waals surface area (Å²) in [4.78, 5) is 72.3. The van der Waals surface area contributed by atoms with E-state index in [0.29, 0.717) is 38.5 Å². The Hall–Kier alpha value is -2.68. The van der Waals surface area contributed by atoms with E-state index in [1.54, 1.807) is 16.7 Å². The van der Waals surface area contributed by atoms with Crippen LogP contribution in [0.4, 0.5) is 0 Å². The molecule has 2 saturated carbocycles. The van der Waals surface area contributed by atoms with Gasteiger partial charge in [0, 0.05) is 39.2 Å². The summed E-state index contributed by atoms with van der Waals surface area (Å²) in [5.74, 6) is -3.44. The van der Waals surface area contributed by atoms with Crippen molar-refractivity contribution in [1.29, 1.82) is 0 Å². The number of nitrogens with zero attached hydrogens (tertiary/aromatic N) is 2. The second-order valence-electron chi connectivity index (χ2n) is 13.0. The van der Waals surface area contributed by atoms with E-state index in [1.165, 1.54) is 0 Å². The zero-order chi connectivity index (χ0) is 31.7. The molecule has 2 N–H and O–H groups in total. The number of thiazole rings is 1. The van der Waals surface area contributed by atoms with E-state index in [-0.39, 0.29) is 70.5 Å². The maximum absolute atomic E-state index is 14.0. The Bertz CT molecular complexity index is 1620. The van der Waals surface area contributed by atoms with Gasteiger partial charge in [0.2, 0.25) is 11.8 Å². The number of halogens is 1. The number of thioether (sulfide) groups is 1. The van der Waals surface area contributed by atoms with Crippen molar-refractivity contribution in [3.05, 3.63) is 42.8 Å². The molecule has 2 saturated heterocycles. The van der Waals surface area contributed by atoms with E-state index in [9.17, 15) is 29.1 Å². The van der Waals surface area contributed by atoms with Crippen molar-refractivity contribution in [2.24, 2.45) is 35.5 Å². The minimum absolute atomic E-state index is 0.00994. The largest absolute Gasteiger partial charge is 0.483 e. The highest BCUT2D eigenvalue weighted by molar-refractivity contribution is 9.10. The van der Waals surface area contributed by atoms with E-state index in [4.69, 9.17) is 9.47 Å². The fraction of sp³-hybridized carbons (Fsp3) is 0.581. The third-order valence-electron chi connectivity index (χ3n) is 10.1. The smallest absolute Gasteiger partial charge is 0.326 e. The molecule has 1 aromatic heterocycles. The van der Waals surface area contributed by atoms with Crippen molar-refractivity contribution >= 4 is 62.7 Å².